The predicted molar refractivity (Wildman–Crippen MR) is 58.6 cm³/mol. The van der Waals surface area contributed by atoms with E-state index in [1.165, 1.54) is 0 Å². The van der Waals surface area contributed by atoms with Crippen LogP contribution in [0.2, 0.25) is 0 Å². The summed E-state index contributed by atoms with van der Waals surface area (Å²) in [6.07, 6.45) is -0.418. The number of nitrogens with two attached hydrogens (primary N) is 2. The molecule has 3 nitrogen and oxygen atoms in total. The number of anilines is 1. The molecule has 0 heterocycles. The van der Waals surface area contributed by atoms with Gasteiger partial charge in [-0.1, -0.05) is 32.0 Å². The standard InChI is InChI=1S/C11H18N2O/c1-8(2)7-14-11(13)9-5-3-4-6-10(9)12/h3-6,8,11H,7,12-13H2,1-2H3. The van der Waals surface area contributed by atoms with Crippen LogP contribution in [-0.4, -0.2) is 6.61 Å². The molecule has 0 bridgehead atoms. The Hall–Kier alpha value is -1.06. The number of hydrogen-bond acceptors (Lipinski definition) is 3. The molecule has 1 atom stereocenters. The van der Waals surface area contributed by atoms with Crippen LogP contribution in [0.3, 0.4) is 0 Å². The van der Waals surface area contributed by atoms with Gasteiger partial charge in [0.25, 0.3) is 0 Å². The lowest BCUT2D eigenvalue weighted by atomic mass is 10.1. The summed E-state index contributed by atoms with van der Waals surface area (Å²) in [5.41, 5.74) is 13.1. The first-order valence-electron chi connectivity index (χ1n) is 4.83. The molecule has 1 aromatic carbocycles. The fourth-order valence-electron chi connectivity index (χ4n) is 1.16. The quantitative estimate of drug-likeness (QED) is 0.568. The highest BCUT2D eigenvalue weighted by Crippen LogP contribution is 2.19. The van der Waals surface area contributed by atoms with Gasteiger partial charge in [0.15, 0.2) is 0 Å². The number of rotatable bonds is 4. The van der Waals surface area contributed by atoms with Gasteiger partial charge in [-0.25, -0.2) is 0 Å². The largest absolute Gasteiger partial charge is 0.398 e. The summed E-state index contributed by atoms with van der Waals surface area (Å²) in [6, 6.07) is 7.51. The summed E-state index contributed by atoms with van der Waals surface area (Å²) in [7, 11) is 0. The van der Waals surface area contributed by atoms with Crippen molar-refractivity contribution in [1.29, 1.82) is 0 Å². The third-order valence-electron chi connectivity index (χ3n) is 1.91. The monoisotopic (exact) mass is 194 g/mol. The molecule has 0 saturated carbocycles. The number of ether oxygens (including phenoxy) is 1. The Bertz CT molecular complexity index is 286. The number of hydrogen-bond donors (Lipinski definition) is 2. The molecule has 4 N–H and O–H groups in total. The van der Waals surface area contributed by atoms with Gasteiger partial charge in [0.05, 0.1) is 6.61 Å². The molecule has 1 rings (SSSR count). The summed E-state index contributed by atoms with van der Waals surface area (Å²) in [5.74, 6) is 0.478. The van der Waals surface area contributed by atoms with Crippen molar-refractivity contribution < 1.29 is 4.74 Å². The molecule has 0 aliphatic carbocycles. The molecular formula is C11H18N2O. The molecule has 0 aliphatic heterocycles. The second kappa shape index (κ2) is 4.98. The van der Waals surface area contributed by atoms with Crippen LogP contribution >= 0.6 is 0 Å². The van der Waals surface area contributed by atoms with Crippen LogP contribution in [0, 0.1) is 5.92 Å². The summed E-state index contributed by atoms with van der Waals surface area (Å²) in [4.78, 5) is 0. The van der Waals surface area contributed by atoms with Crippen molar-refractivity contribution in [2.24, 2.45) is 11.7 Å². The van der Waals surface area contributed by atoms with Crippen molar-refractivity contribution in [3.8, 4) is 0 Å². The Morgan fingerprint density at radius 1 is 1.29 bits per heavy atom. The molecule has 1 aromatic rings. The molecule has 0 radical (unpaired) electrons. The van der Waals surface area contributed by atoms with Crippen molar-refractivity contribution >= 4 is 5.69 Å². The van der Waals surface area contributed by atoms with E-state index in [1.54, 1.807) is 0 Å². The van der Waals surface area contributed by atoms with Crippen LogP contribution in [0.4, 0.5) is 5.69 Å². The zero-order chi connectivity index (χ0) is 10.6. The lowest BCUT2D eigenvalue weighted by molar-refractivity contribution is 0.0396. The summed E-state index contributed by atoms with van der Waals surface area (Å²) in [5, 5.41) is 0. The Kier molecular flexibility index (Phi) is 3.92. The van der Waals surface area contributed by atoms with Crippen LogP contribution in [0.25, 0.3) is 0 Å². The Morgan fingerprint density at radius 3 is 2.50 bits per heavy atom. The van der Waals surface area contributed by atoms with Gasteiger partial charge < -0.3 is 16.2 Å². The molecule has 3 heteroatoms. The van der Waals surface area contributed by atoms with Crippen LogP contribution in [0.15, 0.2) is 24.3 Å². The minimum Gasteiger partial charge on any atom is -0.398 e. The van der Waals surface area contributed by atoms with E-state index in [0.717, 1.165) is 5.56 Å². The third kappa shape index (κ3) is 3.01. The topological polar surface area (TPSA) is 61.3 Å². The Morgan fingerprint density at radius 2 is 1.93 bits per heavy atom. The van der Waals surface area contributed by atoms with E-state index in [0.29, 0.717) is 18.2 Å². The average molecular weight is 194 g/mol. The van der Waals surface area contributed by atoms with E-state index in [2.05, 4.69) is 13.8 Å². The van der Waals surface area contributed by atoms with Crippen molar-refractivity contribution in [2.75, 3.05) is 12.3 Å². The lowest BCUT2D eigenvalue weighted by Gasteiger charge is -2.16. The Labute approximate surface area is 85.0 Å². The van der Waals surface area contributed by atoms with Crippen LogP contribution in [0.5, 0.6) is 0 Å². The SMILES string of the molecule is CC(C)COC(N)c1ccccc1N. The van der Waals surface area contributed by atoms with Crippen molar-refractivity contribution in [2.45, 2.75) is 20.1 Å². The first-order valence-corrected chi connectivity index (χ1v) is 4.83. The van der Waals surface area contributed by atoms with Crippen molar-refractivity contribution in [1.82, 2.24) is 0 Å². The molecule has 0 saturated heterocycles. The smallest absolute Gasteiger partial charge is 0.133 e. The van der Waals surface area contributed by atoms with E-state index in [1.807, 2.05) is 24.3 Å². The molecular weight excluding hydrogens is 176 g/mol. The molecule has 0 amide bonds. The van der Waals surface area contributed by atoms with Crippen LogP contribution in [-0.2, 0) is 4.74 Å². The molecule has 0 aromatic heterocycles. The first-order chi connectivity index (χ1) is 6.61. The van der Waals surface area contributed by atoms with Crippen LogP contribution < -0.4 is 11.5 Å². The maximum absolute atomic E-state index is 5.84. The first kappa shape index (κ1) is 11.0. The van der Waals surface area contributed by atoms with Gasteiger partial charge in [-0.15, -0.1) is 0 Å². The van der Waals surface area contributed by atoms with Gasteiger partial charge >= 0.3 is 0 Å². The second-order valence-corrected chi connectivity index (χ2v) is 3.78. The van der Waals surface area contributed by atoms with Gasteiger partial charge in [0.1, 0.15) is 6.23 Å². The normalized spacial score (nSPS) is 13.1. The summed E-state index contributed by atoms with van der Waals surface area (Å²) >= 11 is 0. The maximum atomic E-state index is 5.84. The molecule has 14 heavy (non-hydrogen) atoms. The third-order valence-corrected chi connectivity index (χ3v) is 1.91. The van der Waals surface area contributed by atoms with E-state index in [9.17, 15) is 0 Å². The van der Waals surface area contributed by atoms with E-state index < -0.39 is 6.23 Å². The number of para-hydroxylation sites is 1. The fourth-order valence-corrected chi connectivity index (χ4v) is 1.16. The minimum absolute atomic E-state index is 0.418. The molecule has 0 fully saturated rings. The predicted octanol–water partition coefficient (Wildman–Crippen LogP) is 1.90. The van der Waals surface area contributed by atoms with Gasteiger partial charge in [-0.2, -0.15) is 0 Å². The van der Waals surface area contributed by atoms with Crippen molar-refractivity contribution in [3.05, 3.63) is 29.8 Å². The fraction of sp³-hybridized carbons (Fsp3) is 0.455. The second-order valence-electron chi connectivity index (χ2n) is 3.78. The lowest BCUT2D eigenvalue weighted by Crippen LogP contribution is -2.18. The zero-order valence-corrected chi connectivity index (χ0v) is 8.73. The molecule has 0 aliphatic rings. The zero-order valence-electron chi connectivity index (χ0n) is 8.73. The van der Waals surface area contributed by atoms with Gasteiger partial charge in [0, 0.05) is 11.3 Å². The molecule has 1 unspecified atom stereocenters. The number of nitrogen functional groups attached to an aromatic ring is 1. The van der Waals surface area contributed by atoms with E-state index in [-0.39, 0.29) is 0 Å². The molecule has 78 valence electrons. The highest BCUT2D eigenvalue weighted by molar-refractivity contribution is 5.47. The summed E-state index contributed by atoms with van der Waals surface area (Å²) < 4.78 is 5.47. The van der Waals surface area contributed by atoms with Crippen molar-refractivity contribution in [3.63, 3.8) is 0 Å². The maximum Gasteiger partial charge on any atom is 0.133 e. The van der Waals surface area contributed by atoms with E-state index in [4.69, 9.17) is 16.2 Å². The van der Waals surface area contributed by atoms with Gasteiger partial charge in [0.2, 0.25) is 0 Å². The van der Waals surface area contributed by atoms with Gasteiger partial charge in [-0.3, -0.25) is 0 Å². The summed E-state index contributed by atoms with van der Waals surface area (Å²) in [6.45, 7) is 4.82. The van der Waals surface area contributed by atoms with Crippen LogP contribution in [0.1, 0.15) is 25.6 Å². The number of benzene rings is 1. The minimum atomic E-state index is -0.418. The molecule has 0 spiro atoms. The average Bonchev–Trinajstić information content (AvgIpc) is 2.15. The van der Waals surface area contributed by atoms with Gasteiger partial charge in [-0.05, 0) is 12.0 Å². The highest BCUT2D eigenvalue weighted by atomic mass is 16.5. The highest BCUT2D eigenvalue weighted by Gasteiger charge is 2.09. The van der Waals surface area contributed by atoms with E-state index >= 15 is 0 Å². The Balaban J connectivity index is 2.60.